The van der Waals surface area contributed by atoms with Crippen LogP contribution in [0.4, 0.5) is 23.0 Å². The second-order valence-electron chi connectivity index (χ2n) is 11.5. The summed E-state index contributed by atoms with van der Waals surface area (Å²) in [6.45, 7) is 0. The highest BCUT2D eigenvalue weighted by molar-refractivity contribution is 7.26. The third kappa shape index (κ3) is 3.54. The largest absolute Gasteiger partial charge is 0.442 e. The summed E-state index contributed by atoms with van der Waals surface area (Å²) in [7, 11) is 0. The number of hydrogen-bond donors (Lipinski definition) is 0. The topological polar surface area (TPSA) is 44.9 Å². The number of rotatable bonds is 3. The highest BCUT2D eigenvalue weighted by Crippen LogP contribution is 2.55. The lowest BCUT2D eigenvalue weighted by Crippen LogP contribution is -2.43. The van der Waals surface area contributed by atoms with Gasteiger partial charge in [0.25, 0.3) is 0 Å². The minimum atomic E-state index is -0.00664. The Balaban J connectivity index is 1.25. The van der Waals surface area contributed by atoms with E-state index in [-0.39, 0.29) is 6.04 Å². The van der Waals surface area contributed by atoms with Crippen molar-refractivity contribution in [2.75, 3.05) is 4.90 Å². The molecule has 0 spiro atoms. The zero-order valence-corrected chi connectivity index (χ0v) is 24.8. The molecule has 1 unspecified atom stereocenters. The van der Waals surface area contributed by atoms with Gasteiger partial charge >= 0.3 is 5.95 Å². The number of benzene rings is 5. The average molecular weight is 595 g/mol. The zero-order valence-electron chi connectivity index (χ0n) is 24.0. The Morgan fingerprint density at radius 1 is 0.622 bits per heavy atom. The third-order valence-corrected chi connectivity index (χ3v) is 10.2. The van der Waals surface area contributed by atoms with Crippen LogP contribution in [0.2, 0.25) is 0 Å². The molecule has 6 heteroatoms. The van der Waals surface area contributed by atoms with Gasteiger partial charge in [-0.05, 0) is 70.1 Å². The molecule has 3 aliphatic rings. The minimum absolute atomic E-state index is 0.00664. The molecular formula is C39H24N5S+. The first kappa shape index (κ1) is 24.7. The van der Waals surface area contributed by atoms with Crippen molar-refractivity contribution in [3.05, 3.63) is 145 Å². The summed E-state index contributed by atoms with van der Waals surface area (Å²) in [4.78, 5) is 17.8. The fourth-order valence-electron chi connectivity index (χ4n) is 7.06. The van der Waals surface area contributed by atoms with Crippen molar-refractivity contribution in [1.29, 1.82) is 0 Å². The van der Waals surface area contributed by atoms with Crippen LogP contribution in [0.15, 0.2) is 140 Å². The van der Waals surface area contributed by atoms with Gasteiger partial charge in [0.1, 0.15) is 17.4 Å². The third-order valence-electron chi connectivity index (χ3n) is 8.98. The molecule has 210 valence electrons. The van der Waals surface area contributed by atoms with Crippen LogP contribution < -0.4 is 9.48 Å². The molecule has 0 bridgehead atoms. The van der Waals surface area contributed by atoms with E-state index in [0.29, 0.717) is 17.6 Å². The van der Waals surface area contributed by atoms with Gasteiger partial charge in [0.15, 0.2) is 0 Å². The Kier molecular flexibility index (Phi) is 5.15. The monoisotopic (exact) mass is 594 g/mol. The molecule has 4 heterocycles. The van der Waals surface area contributed by atoms with Crippen LogP contribution in [0.25, 0.3) is 48.5 Å². The Bertz CT molecular complexity index is 2380. The molecule has 0 fully saturated rings. The Hall–Kier alpha value is -5.72. The zero-order chi connectivity index (χ0) is 29.5. The van der Waals surface area contributed by atoms with Gasteiger partial charge in [-0.25, -0.2) is 0 Å². The molecule has 5 aromatic carbocycles. The molecule has 0 radical (unpaired) electrons. The van der Waals surface area contributed by atoms with Gasteiger partial charge in [0, 0.05) is 36.9 Å². The number of para-hydroxylation sites is 2. The quantitative estimate of drug-likeness (QED) is 0.191. The number of allylic oxidation sites excluding steroid dienone is 2. The van der Waals surface area contributed by atoms with Crippen molar-refractivity contribution in [2.24, 2.45) is 0 Å². The number of hydrogen-bond acceptors (Lipinski definition) is 5. The van der Waals surface area contributed by atoms with Crippen LogP contribution in [0.5, 0.6) is 0 Å². The fraction of sp³-hybridized carbons (Fsp3) is 0.0256. The maximum atomic E-state index is 5.15. The first-order chi connectivity index (χ1) is 22.3. The molecule has 1 atom stereocenters. The van der Waals surface area contributed by atoms with Crippen LogP contribution >= 0.6 is 11.3 Å². The van der Waals surface area contributed by atoms with E-state index in [1.165, 1.54) is 37.0 Å². The highest BCUT2D eigenvalue weighted by atomic mass is 32.1. The summed E-state index contributed by atoms with van der Waals surface area (Å²) in [6.07, 6.45) is 6.69. The van der Waals surface area contributed by atoms with E-state index in [2.05, 4.69) is 113 Å². The average Bonchev–Trinajstić information content (AvgIpc) is 3.66. The maximum Gasteiger partial charge on any atom is 0.442 e. The van der Waals surface area contributed by atoms with Crippen molar-refractivity contribution in [3.63, 3.8) is 0 Å². The van der Waals surface area contributed by atoms with Gasteiger partial charge in [0.2, 0.25) is 11.6 Å². The van der Waals surface area contributed by atoms with Crippen LogP contribution in [0.1, 0.15) is 5.56 Å². The first-order valence-electron chi connectivity index (χ1n) is 15.1. The van der Waals surface area contributed by atoms with Gasteiger partial charge in [-0.2, -0.15) is 9.56 Å². The molecule has 1 aliphatic carbocycles. The number of thiophene rings is 1. The van der Waals surface area contributed by atoms with Gasteiger partial charge in [0.05, 0.1) is 11.4 Å². The van der Waals surface area contributed by atoms with Crippen molar-refractivity contribution in [1.82, 2.24) is 19.5 Å². The van der Waals surface area contributed by atoms with Crippen LogP contribution in [0.3, 0.4) is 0 Å². The van der Waals surface area contributed by atoms with E-state index in [0.717, 1.165) is 28.2 Å². The summed E-state index contributed by atoms with van der Waals surface area (Å²) in [5.41, 5.74) is 9.08. The molecule has 45 heavy (non-hydrogen) atoms. The van der Waals surface area contributed by atoms with E-state index in [1.54, 1.807) is 0 Å². The highest BCUT2D eigenvalue weighted by Gasteiger charge is 2.47. The SMILES string of the molecule is C1=CC2=[N+](c3nc(-c4ccccc4)nc(-c4ccccc4)n3)c3ccccc3N3c4ccc5c(sc6ccccc65)c4C(=C1)C23. The van der Waals surface area contributed by atoms with E-state index in [1.807, 2.05) is 47.7 Å². The van der Waals surface area contributed by atoms with Gasteiger partial charge < -0.3 is 4.90 Å². The lowest BCUT2D eigenvalue weighted by molar-refractivity contribution is 0.871. The van der Waals surface area contributed by atoms with Gasteiger partial charge in [-0.3, -0.25) is 0 Å². The number of nitrogens with zero attached hydrogens (tertiary/aromatic N) is 5. The summed E-state index contributed by atoms with van der Waals surface area (Å²) in [6, 6.07) is 42.3. The number of aromatic nitrogens is 3. The summed E-state index contributed by atoms with van der Waals surface area (Å²) in [5, 5.41) is 2.63. The second-order valence-corrected chi connectivity index (χ2v) is 12.5. The van der Waals surface area contributed by atoms with Crippen molar-refractivity contribution >= 4 is 65.8 Å². The van der Waals surface area contributed by atoms with Gasteiger partial charge in [-0.15, -0.1) is 11.3 Å². The molecular weight excluding hydrogens is 571 g/mol. The fourth-order valence-corrected chi connectivity index (χ4v) is 8.33. The lowest BCUT2D eigenvalue weighted by Gasteiger charge is -2.35. The minimum Gasteiger partial charge on any atom is -0.323 e. The molecule has 0 saturated heterocycles. The van der Waals surface area contributed by atoms with Crippen LogP contribution in [0, 0.1) is 0 Å². The molecule has 7 aromatic rings. The van der Waals surface area contributed by atoms with Crippen molar-refractivity contribution in [2.45, 2.75) is 6.04 Å². The second kappa shape index (κ2) is 9.39. The molecule has 0 amide bonds. The summed E-state index contributed by atoms with van der Waals surface area (Å²) in [5.74, 6) is 1.91. The molecule has 5 nitrogen and oxygen atoms in total. The van der Waals surface area contributed by atoms with Crippen LogP contribution in [-0.2, 0) is 0 Å². The standard InChI is InChI=1S/C39H24N5S/c1-3-12-24(13-4-1)37-40-38(25-14-5-2-6-15-25)42-39(41-37)44-30-19-9-8-18-29(30)43-31-23-22-27-26-16-7-10-21-33(26)45-36(27)34(31)28-17-11-20-32(44)35(28)43/h1-23,35H/q+1. The smallest absolute Gasteiger partial charge is 0.323 e. The lowest BCUT2D eigenvalue weighted by atomic mass is 9.92. The molecule has 2 aromatic heterocycles. The van der Waals surface area contributed by atoms with Gasteiger partial charge in [-0.1, -0.05) is 84.9 Å². The summed E-state index contributed by atoms with van der Waals surface area (Å²) < 4.78 is 4.90. The molecule has 10 rings (SSSR count). The van der Waals surface area contributed by atoms with Crippen LogP contribution in [-0.4, -0.2) is 26.7 Å². The number of fused-ring (bicyclic) bond motifs is 9. The molecule has 2 aliphatic heterocycles. The van der Waals surface area contributed by atoms with E-state index >= 15 is 0 Å². The van der Waals surface area contributed by atoms with Crippen molar-refractivity contribution in [3.8, 4) is 22.8 Å². The molecule has 0 saturated carbocycles. The normalized spacial score (nSPS) is 16.1. The van der Waals surface area contributed by atoms with E-state index in [9.17, 15) is 0 Å². The molecule has 0 N–H and O–H groups in total. The number of anilines is 2. The first-order valence-corrected chi connectivity index (χ1v) is 15.9. The Labute approximate surface area is 263 Å². The maximum absolute atomic E-state index is 5.15. The predicted octanol–water partition coefficient (Wildman–Crippen LogP) is 9.34. The van der Waals surface area contributed by atoms with Crippen molar-refractivity contribution < 1.29 is 0 Å². The predicted molar refractivity (Wildman–Crippen MR) is 186 cm³/mol. The summed E-state index contributed by atoms with van der Waals surface area (Å²) >= 11 is 1.89. The van der Waals surface area contributed by atoms with E-state index in [4.69, 9.17) is 15.0 Å². The van der Waals surface area contributed by atoms with E-state index < -0.39 is 0 Å². The Morgan fingerprint density at radius 2 is 1.31 bits per heavy atom. The Morgan fingerprint density at radius 3 is 2.09 bits per heavy atom.